The third kappa shape index (κ3) is 2.69. The van der Waals surface area contributed by atoms with E-state index in [4.69, 9.17) is 11.6 Å². The van der Waals surface area contributed by atoms with E-state index in [2.05, 4.69) is 9.88 Å². The zero-order valence-corrected chi connectivity index (χ0v) is 13.7. The van der Waals surface area contributed by atoms with E-state index in [0.717, 1.165) is 11.3 Å². The van der Waals surface area contributed by atoms with Gasteiger partial charge in [-0.2, -0.15) is 4.31 Å². The normalized spacial score (nSPS) is 16.2. The second-order valence-electron chi connectivity index (χ2n) is 5.18. The molecule has 0 saturated heterocycles. The van der Waals surface area contributed by atoms with Gasteiger partial charge in [0.1, 0.15) is 10.0 Å². The number of hydrogen-bond acceptors (Lipinski definition) is 4. The molecule has 0 fully saturated rings. The quantitative estimate of drug-likeness (QED) is 0.789. The Balaban J connectivity index is 2.01. The van der Waals surface area contributed by atoms with E-state index in [1.165, 1.54) is 16.6 Å². The molecule has 7 heteroatoms. The van der Waals surface area contributed by atoms with Crippen LogP contribution in [0, 0.1) is 0 Å². The van der Waals surface area contributed by atoms with Gasteiger partial charge in [0.05, 0.1) is 0 Å². The molecule has 1 aliphatic heterocycles. The van der Waals surface area contributed by atoms with Crippen LogP contribution < -0.4 is 4.90 Å². The van der Waals surface area contributed by atoms with E-state index in [-0.39, 0.29) is 10.0 Å². The molecule has 22 heavy (non-hydrogen) atoms. The van der Waals surface area contributed by atoms with E-state index in [1.807, 2.05) is 31.3 Å². The molecular formula is C15H16ClN3O2S. The van der Waals surface area contributed by atoms with E-state index in [1.54, 1.807) is 6.07 Å². The molecule has 1 aromatic heterocycles. The lowest BCUT2D eigenvalue weighted by atomic mass is 10.1. The van der Waals surface area contributed by atoms with Gasteiger partial charge in [-0.25, -0.2) is 13.4 Å². The predicted molar refractivity (Wildman–Crippen MR) is 86.6 cm³/mol. The van der Waals surface area contributed by atoms with Crippen molar-refractivity contribution in [3.63, 3.8) is 0 Å². The molecule has 3 rings (SSSR count). The van der Waals surface area contributed by atoms with Crippen LogP contribution in [0.2, 0.25) is 5.15 Å². The lowest BCUT2D eigenvalue weighted by molar-refractivity contribution is 0.420. The molecule has 2 aromatic rings. The Morgan fingerprint density at radius 1 is 1.14 bits per heavy atom. The summed E-state index contributed by atoms with van der Waals surface area (Å²) in [5, 5.41) is 0.00777. The van der Waals surface area contributed by atoms with Crippen molar-refractivity contribution in [2.24, 2.45) is 0 Å². The number of aromatic nitrogens is 1. The van der Waals surface area contributed by atoms with Crippen LogP contribution in [0.15, 0.2) is 47.5 Å². The Kier molecular flexibility index (Phi) is 4.08. The van der Waals surface area contributed by atoms with Gasteiger partial charge >= 0.3 is 0 Å². The second kappa shape index (κ2) is 5.87. The summed E-state index contributed by atoms with van der Waals surface area (Å²) in [5.74, 6) is 0. The third-order valence-corrected chi connectivity index (χ3v) is 6.07. The Hall–Kier alpha value is -1.63. The fraction of sp³-hybridized carbons (Fsp3) is 0.267. The first-order chi connectivity index (χ1) is 10.5. The van der Waals surface area contributed by atoms with Crippen LogP contribution in [0.25, 0.3) is 0 Å². The van der Waals surface area contributed by atoms with Crippen molar-refractivity contribution in [3.05, 3.63) is 53.3 Å². The van der Waals surface area contributed by atoms with Crippen molar-refractivity contribution in [2.45, 2.75) is 11.4 Å². The van der Waals surface area contributed by atoms with Crippen LogP contribution >= 0.6 is 11.6 Å². The summed E-state index contributed by atoms with van der Waals surface area (Å²) < 4.78 is 27.2. The number of benzene rings is 1. The fourth-order valence-corrected chi connectivity index (χ4v) is 4.41. The summed E-state index contributed by atoms with van der Waals surface area (Å²) in [6.07, 6.45) is 1.48. The van der Waals surface area contributed by atoms with E-state index >= 15 is 0 Å². The third-order valence-electron chi connectivity index (χ3n) is 3.78. The minimum Gasteiger partial charge on any atom is -0.373 e. The highest BCUT2D eigenvalue weighted by atomic mass is 35.5. The maximum atomic E-state index is 12.9. The van der Waals surface area contributed by atoms with Crippen LogP contribution in [0.4, 0.5) is 5.69 Å². The van der Waals surface area contributed by atoms with Crippen molar-refractivity contribution in [3.8, 4) is 0 Å². The van der Waals surface area contributed by atoms with Crippen molar-refractivity contribution >= 4 is 27.3 Å². The van der Waals surface area contributed by atoms with Gasteiger partial charge in [0.15, 0.2) is 0 Å². The van der Waals surface area contributed by atoms with Gasteiger partial charge in [-0.05, 0) is 23.8 Å². The number of hydrogen-bond donors (Lipinski definition) is 0. The molecule has 1 aliphatic rings. The number of nitrogens with zero attached hydrogens (tertiary/aromatic N) is 3. The summed E-state index contributed by atoms with van der Waals surface area (Å²) >= 11 is 5.97. The number of likely N-dealkylation sites (N-methyl/N-ethyl adjacent to an activating group) is 1. The fourth-order valence-electron chi connectivity index (χ4n) is 2.58. The highest BCUT2D eigenvalue weighted by Crippen LogP contribution is 2.29. The molecule has 1 aromatic carbocycles. The van der Waals surface area contributed by atoms with E-state index < -0.39 is 10.0 Å². The minimum atomic E-state index is -3.67. The number of sulfonamides is 1. The molecule has 0 radical (unpaired) electrons. The van der Waals surface area contributed by atoms with Gasteiger partial charge in [0.25, 0.3) is 0 Å². The molecular weight excluding hydrogens is 322 g/mol. The Morgan fingerprint density at radius 3 is 2.68 bits per heavy atom. The zero-order valence-electron chi connectivity index (χ0n) is 12.1. The predicted octanol–water partition coefficient (Wildman–Crippen LogP) is 2.38. The monoisotopic (exact) mass is 337 g/mol. The van der Waals surface area contributed by atoms with Crippen LogP contribution in [0.5, 0.6) is 0 Å². The van der Waals surface area contributed by atoms with Gasteiger partial charge < -0.3 is 4.90 Å². The first kappa shape index (κ1) is 15.3. The van der Waals surface area contributed by atoms with Gasteiger partial charge in [-0.3, -0.25) is 0 Å². The van der Waals surface area contributed by atoms with E-state index in [0.29, 0.717) is 19.6 Å². The molecule has 0 atom stereocenters. The molecule has 116 valence electrons. The van der Waals surface area contributed by atoms with Crippen LogP contribution in [0.3, 0.4) is 0 Å². The smallest absolute Gasteiger partial charge is 0.246 e. The van der Waals surface area contributed by atoms with Crippen molar-refractivity contribution < 1.29 is 8.42 Å². The highest BCUT2D eigenvalue weighted by Gasteiger charge is 2.30. The number of para-hydroxylation sites is 1. The molecule has 0 aliphatic carbocycles. The maximum Gasteiger partial charge on any atom is 0.246 e. The van der Waals surface area contributed by atoms with Gasteiger partial charge in [-0.15, -0.1) is 0 Å². The molecule has 0 saturated carbocycles. The van der Waals surface area contributed by atoms with Gasteiger partial charge in [0, 0.05) is 38.6 Å². The summed E-state index contributed by atoms with van der Waals surface area (Å²) in [7, 11) is -1.71. The number of rotatable bonds is 2. The summed E-state index contributed by atoms with van der Waals surface area (Å²) in [6, 6.07) is 10.9. The maximum absolute atomic E-state index is 12.9. The van der Waals surface area contributed by atoms with Crippen LogP contribution in [-0.4, -0.2) is 37.8 Å². The lowest BCUT2D eigenvalue weighted by Crippen LogP contribution is -2.34. The van der Waals surface area contributed by atoms with Gasteiger partial charge in [-0.1, -0.05) is 29.8 Å². The standard InChI is InChI=1S/C15H16ClN3O2S/c1-18-9-10-19(11-12-5-2-3-6-13(12)18)22(20,21)14-7-4-8-17-15(14)16/h2-8H,9-11H2,1H3. The van der Waals surface area contributed by atoms with Crippen molar-refractivity contribution in [1.29, 1.82) is 0 Å². The topological polar surface area (TPSA) is 53.5 Å². The van der Waals surface area contributed by atoms with Crippen LogP contribution in [0.1, 0.15) is 5.56 Å². The SMILES string of the molecule is CN1CCN(S(=O)(=O)c2cccnc2Cl)Cc2ccccc21. The molecule has 0 bridgehead atoms. The summed E-state index contributed by atoms with van der Waals surface area (Å²) in [5.41, 5.74) is 2.03. The lowest BCUT2D eigenvalue weighted by Gasteiger charge is -2.21. The summed E-state index contributed by atoms with van der Waals surface area (Å²) in [6.45, 7) is 1.35. The number of fused-ring (bicyclic) bond motifs is 1. The second-order valence-corrected chi connectivity index (χ2v) is 7.45. The van der Waals surface area contributed by atoms with Crippen molar-refractivity contribution in [2.75, 3.05) is 25.0 Å². The molecule has 0 spiro atoms. The molecule has 5 nitrogen and oxygen atoms in total. The molecule has 2 heterocycles. The highest BCUT2D eigenvalue weighted by molar-refractivity contribution is 7.89. The number of halogens is 1. The average molecular weight is 338 g/mol. The number of pyridine rings is 1. The Bertz CT molecular complexity index is 795. The average Bonchev–Trinajstić information content (AvgIpc) is 2.68. The molecule has 0 unspecified atom stereocenters. The number of anilines is 1. The van der Waals surface area contributed by atoms with E-state index in [9.17, 15) is 8.42 Å². The minimum absolute atomic E-state index is 0.00777. The Labute approximate surface area is 135 Å². The largest absolute Gasteiger partial charge is 0.373 e. The Morgan fingerprint density at radius 2 is 1.91 bits per heavy atom. The summed E-state index contributed by atoms with van der Waals surface area (Å²) in [4.78, 5) is 5.99. The first-order valence-electron chi connectivity index (χ1n) is 6.90. The van der Waals surface area contributed by atoms with Gasteiger partial charge in [0.2, 0.25) is 10.0 Å². The van der Waals surface area contributed by atoms with Crippen LogP contribution in [-0.2, 0) is 16.6 Å². The van der Waals surface area contributed by atoms with Crippen molar-refractivity contribution in [1.82, 2.24) is 9.29 Å². The zero-order chi connectivity index (χ0) is 15.7. The molecule has 0 N–H and O–H groups in total. The molecule has 0 amide bonds. The first-order valence-corrected chi connectivity index (χ1v) is 8.71.